The Morgan fingerprint density at radius 1 is 1.15 bits per heavy atom. The number of furan rings is 1. The number of halogens is 1. The van der Waals surface area contributed by atoms with Gasteiger partial charge in [0, 0.05) is 12.4 Å². The maximum atomic E-state index is 13.6. The lowest BCUT2D eigenvalue weighted by atomic mass is 10.2. The van der Waals surface area contributed by atoms with Gasteiger partial charge in [0.25, 0.3) is 5.91 Å². The Hall–Kier alpha value is -3.61. The molecule has 0 saturated carbocycles. The quantitative estimate of drug-likeness (QED) is 0.600. The molecule has 1 N–H and O–H groups in total. The van der Waals surface area contributed by atoms with Gasteiger partial charge >= 0.3 is 0 Å². The first-order chi connectivity index (χ1) is 12.7. The average molecular weight is 350 g/mol. The minimum absolute atomic E-state index is 0.266. The number of nitrogens with zero attached hydrogens (tertiary/aromatic N) is 3. The molecule has 130 valence electrons. The van der Waals surface area contributed by atoms with Crippen LogP contribution in [0.3, 0.4) is 0 Å². The first kappa shape index (κ1) is 15.9. The highest BCUT2D eigenvalue weighted by Crippen LogP contribution is 2.20. The van der Waals surface area contributed by atoms with Crippen molar-refractivity contribution in [2.24, 2.45) is 0 Å². The molecule has 4 aromatic rings. The van der Waals surface area contributed by atoms with Gasteiger partial charge in [-0.05, 0) is 42.5 Å². The third kappa shape index (κ3) is 3.02. The molecule has 3 aromatic heterocycles. The molecule has 0 aliphatic heterocycles. The molecular weight excluding hydrogens is 335 g/mol. The van der Waals surface area contributed by atoms with Gasteiger partial charge in [0.2, 0.25) is 0 Å². The Morgan fingerprint density at radius 2 is 2.00 bits per heavy atom. The van der Waals surface area contributed by atoms with E-state index < -0.39 is 0 Å². The zero-order valence-corrected chi connectivity index (χ0v) is 13.7. The molecule has 26 heavy (non-hydrogen) atoms. The number of hydrogen-bond acceptors (Lipinski definition) is 3. The summed E-state index contributed by atoms with van der Waals surface area (Å²) >= 11 is 0. The second-order valence-corrected chi connectivity index (χ2v) is 5.63. The van der Waals surface area contributed by atoms with E-state index in [0.29, 0.717) is 22.8 Å². The molecule has 1 aromatic carbocycles. The van der Waals surface area contributed by atoms with Crippen LogP contribution in [-0.2, 0) is 6.54 Å². The fourth-order valence-corrected chi connectivity index (χ4v) is 2.70. The van der Waals surface area contributed by atoms with Crippen molar-refractivity contribution < 1.29 is 13.6 Å². The van der Waals surface area contributed by atoms with Gasteiger partial charge in [-0.2, -0.15) is 5.10 Å². The summed E-state index contributed by atoms with van der Waals surface area (Å²) < 4.78 is 22.2. The van der Waals surface area contributed by atoms with Gasteiger partial charge in [0.15, 0.2) is 5.82 Å². The van der Waals surface area contributed by atoms with Crippen LogP contribution in [0.15, 0.2) is 77.8 Å². The molecule has 0 atom stereocenters. The third-order valence-electron chi connectivity index (χ3n) is 3.89. The number of nitrogens with one attached hydrogen (secondary N) is 1. The van der Waals surface area contributed by atoms with Crippen LogP contribution in [0.25, 0.3) is 11.5 Å². The van der Waals surface area contributed by atoms with Gasteiger partial charge in [0.05, 0.1) is 24.7 Å². The van der Waals surface area contributed by atoms with Gasteiger partial charge in [-0.25, -0.2) is 9.07 Å². The van der Waals surface area contributed by atoms with E-state index in [1.54, 1.807) is 47.5 Å². The van der Waals surface area contributed by atoms with Crippen LogP contribution in [0.5, 0.6) is 0 Å². The van der Waals surface area contributed by atoms with E-state index >= 15 is 0 Å². The van der Waals surface area contributed by atoms with Crippen LogP contribution < -0.4 is 5.32 Å². The number of carbonyl (C=O) groups is 1. The standard InChI is InChI=1S/C19H15FN4O2/c20-14-5-3-6-15(11-14)24-19(23-8-1-2-9-23)17(13-22-24)18(25)21-12-16-7-4-10-26-16/h1-11,13H,12H2,(H,21,25). The van der Waals surface area contributed by atoms with Crippen molar-refractivity contribution in [2.45, 2.75) is 6.54 Å². The van der Waals surface area contributed by atoms with Gasteiger partial charge in [-0.1, -0.05) is 6.07 Å². The van der Waals surface area contributed by atoms with Crippen LogP contribution in [0.1, 0.15) is 16.1 Å². The summed E-state index contributed by atoms with van der Waals surface area (Å²) in [4.78, 5) is 12.7. The number of benzene rings is 1. The molecule has 0 saturated heterocycles. The molecule has 1 amide bonds. The van der Waals surface area contributed by atoms with Crippen molar-refractivity contribution in [3.63, 3.8) is 0 Å². The highest BCUT2D eigenvalue weighted by molar-refractivity contribution is 5.97. The predicted molar refractivity (Wildman–Crippen MR) is 92.7 cm³/mol. The van der Waals surface area contributed by atoms with Crippen molar-refractivity contribution in [1.82, 2.24) is 19.7 Å². The molecule has 0 spiro atoms. The fourth-order valence-electron chi connectivity index (χ4n) is 2.70. The van der Waals surface area contributed by atoms with E-state index in [0.717, 1.165) is 0 Å². The zero-order valence-electron chi connectivity index (χ0n) is 13.7. The molecule has 0 aliphatic rings. The fraction of sp³-hybridized carbons (Fsp3) is 0.0526. The molecular formula is C19H15FN4O2. The predicted octanol–water partition coefficient (Wildman–Crippen LogP) is 3.33. The number of carbonyl (C=O) groups excluding carboxylic acids is 1. The molecule has 0 bridgehead atoms. The lowest BCUT2D eigenvalue weighted by Crippen LogP contribution is -2.23. The monoisotopic (exact) mass is 350 g/mol. The normalized spacial score (nSPS) is 10.8. The summed E-state index contributed by atoms with van der Waals surface area (Å²) in [6.07, 6.45) is 6.62. The maximum Gasteiger partial charge on any atom is 0.257 e. The zero-order chi connectivity index (χ0) is 17.9. The van der Waals surface area contributed by atoms with Crippen molar-refractivity contribution >= 4 is 5.91 Å². The van der Waals surface area contributed by atoms with E-state index in [2.05, 4.69) is 10.4 Å². The van der Waals surface area contributed by atoms with E-state index in [1.807, 2.05) is 12.1 Å². The van der Waals surface area contributed by atoms with Crippen molar-refractivity contribution in [1.29, 1.82) is 0 Å². The Morgan fingerprint density at radius 3 is 2.73 bits per heavy atom. The van der Waals surface area contributed by atoms with Crippen molar-refractivity contribution in [2.75, 3.05) is 0 Å². The van der Waals surface area contributed by atoms with E-state index in [4.69, 9.17) is 4.42 Å². The average Bonchev–Trinajstić information content (AvgIpc) is 3.40. The first-order valence-electron chi connectivity index (χ1n) is 8.00. The van der Waals surface area contributed by atoms with Crippen LogP contribution in [-0.4, -0.2) is 20.3 Å². The summed E-state index contributed by atoms with van der Waals surface area (Å²) in [6, 6.07) is 13.3. The topological polar surface area (TPSA) is 65.0 Å². The Bertz CT molecular complexity index is 1020. The number of aromatic nitrogens is 3. The summed E-state index contributed by atoms with van der Waals surface area (Å²) in [7, 11) is 0. The number of amides is 1. The largest absolute Gasteiger partial charge is 0.467 e. The first-order valence-corrected chi connectivity index (χ1v) is 8.00. The molecule has 0 unspecified atom stereocenters. The van der Waals surface area contributed by atoms with Crippen molar-refractivity contribution in [3.8, 4) is 11.5 Å². The second-order valence-electron chi connectivity index (χ2n) is 5.63. The Balaban J connectivity index is 1.72. The van der Waals surface area contributed by atoms with Gasteiger partial charge in [0.1, 0.15) is 17.1 Å². The van der Waals surface area contributed by atoms with E-state index in [-0.39, 0.29) is 18.3 Å². The summed E-state index contributed by atoms with van der Waals surface area (Å²) in [5.41, 5.74) is 0.899. The Kier molecular flexibility index (Phi) is 4.10. The van der Waals surface area contributed by atoms with E-state index in [1.165, 1.54) is 23.0 Å². The highest BCUT2D eigenvalue weighted by atomic mass is 19.1. The van der Waals surface area contributed by atoms with Crippen LogP contribution in [0.4, 0.5) is 4.39 Å². The summed E-state index contributed by atoms with van der Waals surface area (Å²) in [5.74, 6) is 0.504. The minimum atomic E-state index is -0.375. The summed E-state index contributed by atoms with van der Waals surface area (Å²) in [6.45, 7) is 0.266. The smallest absolute Gasteiger partial charge is 0.257 e. The second kappa shape index (κ2) is 6.72. The molecule has 0 aliphatic carbocycles. The molecule has 0 radical (unpaired) electrons. The maximum absolute atomic E-state index is 13.6. The number of rotatable bonds is 5. The molecule has 0 fully saturated rings. The highest BCUT2D eigenvalue weighted by Gasteiger charge is 2.20. The van der Waals surface area contributed by atoms with Gasteiger partial charge in [-0.15, -0.1) is 0 Å². The van der Waals surface area contributed by atoms with E-state index in [9.17, 15) is 9.18 Å². The number of hydrogen-bond donors (Lipinski definition) is 1. The Labute approximate surface area is 148 Å². The van der Waals surface area contributed by atoms with Crippen LogP contribution >= 0.6 is 0 Å². The lowest BCUT2D eigenvalue weighted by Gasteiger charge is -2.11. The third-order valence-corrected chi connectivity index (χ3v) is 3.89. The SMILES string of the molecule is O=C(NCc1ccco1)c1cnn(-c2cccc(F)c2)c1-n1cccc1. The van der Waals surface area contributed by atoms with Crippen molar-refractivity contribution in [3.05, 3.63) is 90.5 Å². The molecule has 4 rings (SSSR count). The molecule has 6 nitrogen and oxygen atoms in total. The molecule has 7 heteroatoms. The summed E-state index contributed by atoms with van der Waals surface area (Å²) in [5, 5.41) is 7.10. The minimum Gasteiger partial charge on any atom is -0.467 e. The lowest BCUT2D eigenvalue weighted by molar-refractivity contribution is 0.0948. The van der Waals surface area contributed by atoms with Crippen LogP contribution in [0, 0.1) is 5.82 Å². The van der Waals surface area contributed by atoms with Gasteiger partial charge in [-0.3, -0.25) is 4.79 Å². The molecule has 3 heterocycles. The van der Waals surface area contributed by atoms with Crippen LogP contribution in [0.2, 0.25) is 0 Å². The van der Waals surface area contributed by atoms with Gasteiger partial charge < -0.3 is 14.3 Å².